The minimum atomic E-state index is -0.224. The molecule has 2 aromatic rings. The van der Waals surface area contributed by atoms with Gasteiger partial charge in [-0.2, -0.15) is 0 Å². The molecule has 1 atom stereocenters. The third kappa shape index (κ3) is 4.51. The van der Waals surface area contributed by atoms with Crippen molar-refractivity contribution in [2.75, 3.05) is 5.32 Å². The molecule has 0 radical (unpaired) electrons. The fourth-order valence-corrected chi connectivity index (χ4v) is 3.04. The van der Waals surface area contributed by atoms with E-state index in [0.717, 1.165) is 29.7 Å². The predicted octanol–water partition coefficient (Wildman–Crippen LogP) is 4.38. The van der Waals surface area contributed by atoms with E-state index < -0.39 is 0 Å². The van der Waals surface area contributed by atoms with Crippen molar-refractivity contribution in [1.82, 2.24) is 5.32 Å². The van der Waals surface area contributed by atoms with Crippen molar-refractivity contribution in [2.45, 2.75) is 45.6 Å². The summed E-state index contributed by atoms with van der Waals surface area (Å²) in [5.74, 6) is 0.604. The molecule has 1 fully saturated rings. The molecule has 3 rings (SSSR count). The molecule has 0 spiro atoms. The molecule has 2 N–H and O–H groups in total. The van der Waals surface area contributed by atoms with E-state index in [1.807, 2.05) is 24.3 Å². The molecule has 0 heterocycles. The molecule has 4 heteroatoms. The van der Waals surface area contributed by atoms with Gasteiger partial charge in [0.25, 0.3) is 0 Å². The third-order valence-electron chi connectivity index (χ3n) is 4.71. The van der Waals surface area contributed by atoms with Gasteiger partial charge in [-0.3, -0.25) is 9.59 Å². The Bertz CT molecular complexity index is 792. The van der Waals surface area contributed by atoms with E-state index in [1.165, 1.54) is 12.5 Å². The summed E-state index contributed by atoms with van der Waals surface area (Å²) in [5, 5.41) is 6.00. The number of amides is 2. The zero-order valence-electron chi connectivity index (χ0n) is 15.6. The van der Waals surface area contributed by atoms with Crippen LogP contribution in [0.15, 0.2) is 48.5 Å². The lowest BCUT2D eigenvalue weighted by Gasteiger charge is -2.21. The van der Waals surface area contributed by atoms with Crippen LogP contribution in [0.4, 0.5) is 5.69 Å². The first-order chi connectivity index (χ1) is 12.4. The standard InChI is InChI=1S/C22H26N2O2/c1-14(2)16-7-9-17(10-8-16)21(24-22(26)18-11-12-18)19-5-4-6-20(13-19)23-15(3)25/h4-10,13-14,18,21H,11-12H2,1-3H3,(H,23,25)(H,24,26). The molecule has 0 bridgehead atoms. The van der Waals surface area contributed by atoms with Crippen molar-refractivity contribution >= 4 is 17.5 Å². The van der Waals surface area contributed by atoms with Gasteiger partial charge in [0, 0.05) is 18.5 Å². The topological polar surface area (TPSA) is 58.2 Å². The van der Waals surface area contributed by atoms with E-state index in [0.29, 0.717) is 5.92 Å². The van der Waals surface area contributed by atoms with Crippen molar-refractivity contribution in [3.8, 4) is 0 Å². The second-order valence-corrected chi connectivity index (χ2v) is 7.34. The molecule has 26 heavy (non-hydrogen) atoms. The molecule has 1 saturated carbocycles. The Morgan fingerprint density at radius 3 is 2.19 bits per heavy atom. The van der Waals surface area contributed by atoms with Gasteiger partial charge < -0.3 is 10.6 Å². The van der Waals surface area contributed by atoms with Crippen LogP contribution in [0, 0.1) is 5.92 Å². The maximum atomic E-state index is 12.4. The van der Waals surface area contributed by atoms with Crippen molar-refractivity contribution in [3.05, 3.63) is 65.2 Å². The normalized spacial score (nSPS) is 14.8. The average Bonchev–Trinajstić information content (AvgIpc) is 3.44. The molecule has 0 aliphatic heterocycles. The predicted molar refractivity (Wildman–Crippen MR) is 104 cm³/mol. The number of carbonyl (C=O) groups is 2. The van der Waals surface area contributed by atoms with Crippen LogP contribution in [-0.2, 0) is 9.59 Å². The minimum absolute atomic E-state index is 0.105. The smallest absolute Gasteiger partial charge is 0.223 e. The molecule has 1 unspecified atom stereocenters. The number of benzene rings is 2. The number of anilines is 1. The maximum Gasteiger partial charge on any atom is 0.223 e. The number of hydrogen-bond donors (Lipinski definition) is 2. The Balaban J connectivity index is 1.92. The van der Waals surface area contributed by atoms with Crippen molar-refractivity contribution in [1.29, 1.82) is 0 Å². The Morgan fingerprint density at radius 1 is 0.962 bits per heavy atom. The molecule has 1 aliphatic carbocycles. The van der Waals surface area contributed by atoms with Crippen LogP contribution in [-0.4, -0.2) is 11.8 Å². The summed E-state index contributed by atoms with van der Waals surface area (Å²) in [5.41, 5.74) is 4.01. The van der Waals surface area contributed by atoms with Crippen LogP contribution in [0.5, 0.6) is 0 Å². The van der Waals surface area contributed by atoms with E-state index >= 15 is 0 Å². The SMILES string of the molecule is CC(=O)Nc1cccc(C(NC(=O)C2CC2)c2ccc(C(C)C)cc2)c1. The van der Waals surface area contributed by atoms with Crippen molar-refractivity contribution in [3.63, 3.8) is 0 Å². The molecule has 0 aromatic heterocycles. The fraction of sp³-hybridized carbons (Fsp3) is 0.364. The first-order valence-electron chi connectivity index (χ1n) is 9.22. The first kappa shape index (κ1) is 18.2. The monoisotopic (exact) mass is 350 g/mol. The van der Waals surface area contributed by atoms with Gasteiger partial charge in [0.2, 0.25) is 11.8 Å². The summed E-state index contributed by atoms with van der Waals surface area (Å²) in [6.07, 6.45) is 1.94. The van der Waals surface area contributed by atoms with Gasteiger partial charge in [-0.1, -0.05) is 50.2 Å². The van der Waals surface area contributed by atoms with Gasteiger partial charge in [-0.15, -0.1) is 0 Å². The Morgan fingerprint density at radius 2 is 1.62 bits per heavy atom. The van der Waals surface area contributed by atoms with E-state index in [4.69, 9.17) is 0 Å². The van der Waals surface area contributed by atoms with Crippen molar-refractivity contribution in [2.24, 2.45) is 5.92 Å². The van der Waals surface area contributed by atoms with E-state index in [9.17, 15) is 9.59 Å². The number of nitrogens with one attached hydrogen (secondary N) is 2. The van der Waals surface area contributed by atoms with E-state index in [1.54, 1.807) is 0 Å². The summed E-state index contributed by atoms with van der Waals surface area (Å²) < 4.78 is 0. The van der Waals surface area contributed by atoms with E-state index in [2.05, 4.69) is 48.7 Å². The molecule has 2 aromatic carbocycles. The summed E-state index contributed by atoms with van der Waals surface area (Å²) in [7, 11) is 0. The lowest BCUT2D eigenvalue weighted by atomic mass is 9.94. The summed E-state index contributed by atoms with van der Waals surface area (Å²) in [6.45, 7) is 5.82. The highest BCUT2D eigenvalue weighted by atomic mass is 16.2. The first-order valence-corrected chi connectivity index (χ1v) is 9.22. The highest BCUT2D eigenvalue weighted by molar-refractivity contribution is 5.88. The molecule has 0 saturated heterocycles. The van der Waals surface area contributed by atoms with Crippen LogP contribution in [0.3, 0.4) is 0 Å². The highest BCUT2D eigenvalue weighted by Crippen LogP contribution is 2.32. The third-order valence-corrected chi connectivity index (χ3v) is 4.71. The molecule has 2 amide bonds. The van der Waals surface area contributed by atoms with Gasteiger partial charge in [0.15, 0.2) is 0 Å². The Kier molecular flexibility index (Phi) is 5.40. The molecular formula is C22H26N2O2. The van der Waals surface area contributed by atoms with Crippen LogP contribution in [0.2, 0.25) is 0 Å². The maximum absolute atomic E-state index is 12.4. The fourth-order valence-electron chi connectivity index (χ4n) is 3.04. The summed E-state index contributed by atoms with van der Waals surface area (Å²) >= 11 is 0. The van der Waals surface area contributed by atoms with Crippen molar-refractivity contribution < 1.29 is 9.59 Å². The molecule has 4 nitrogen and oxygen atoms in total. The largest absolute Gasteiger partial charge is 0.345 e. The van der Waals surface area contributed by atoms with Gasteiger partial charge in [0.05, 0.1) is 6.04 Å². The lowest BCUT2D eigenvalue weighted by molar-refractivity contribution is -0.122. The van der Waals surface area contributed by atoms with Crippen LogP contribution >= 0.6 is 0 Å². The van der Waals surface area contributed by atoms with Crippen LogP contribution in [0.1, 0.15) is 62.3 Å². The molecule has 136 valence electrons. The zero-order chi connectivity index (χ0) is 18.7. The Hall–Kier alpha value is -2.62. The second kappa shape index (κ2) is 7.73. The highest BCUT2D eigenvalue weighted by Gasteiger charge is 2.31. The quantitative estimate of drug-likeness (QED) is 0.812. The number of hydrogen-bond acceptors (Lipinski definition) is 2. The Labute approximate surface area is 155 Å². The molecular weight excluding hydrogens is 324 g/mol. The average molecular weight is 350 g/mol. The van der Waals surface area contributed by atoms with Crippen LogP contribution < -0.4 is 10.6 Å². The zero-order valence-corrected chi connectivity index (χ0v) is 15.6. The van der Waals surface area contributed by atoms with Gasteiger partial charge in [-0.05, 0) is 47.6 Å². The van der Waals surface area contributed by atoms with Crippen LogP contribution in [0.25, 0.3) is 0 Å². The second-order valence-electron chi connectivity index (χ2n) is 7.34. The lowest BCUT2D eigenvalue weighted by Crippen LogP contribution is -2.30. The van der Waals surface area contributed by atoms with Gasteiger partial charge in [0.1, 0.15) is 0 Å². The minimum Gasteiger partial charge on any atom is -0.345 e. The molecule has 1 aliphatic rings. The summed E-state index contributed by atoms with van der Waals surface area (Å²) in [6, 6.07) is 15.8. The van der Waals surface area contributed by atoms with E-state index in [-0.39, 0.29) is 23.8 Å². The van der Waals surface area contributed by atoms with Gasteiger partial charge in [-0.25, -0.2) is 0 Å². The number of rotatable bonds is 6. The summed E-state index contributed by atoms with van der Waals surface area (Å²) in [4.78, 5) is 23.8. The number of carbonyl (C=O) groups excluding carboxylic acids is 2. The van der Waals surface area contributed by atoms with Gasteiger partial charge >= 0.3 is 0 Å².